The van der Waals surface area contributed by atoms with Crippen LogP contribution in [0.1, 0.15) is 45.4 Å². The van der Waals surface area contributed by atoms with Gasteiger partial charge in [-0.25, -0.2) is 9.82 Å². The number of nitrogens with one attached hydrogen (secondary N) is 2. The molecule has 0 aromatic carbocycles. The molecule has 0 spiro atoms. The summed E-state index contributed by atoms with van der Waals surface area (Å²) in [5.74, 6) is -0.312. The summed E-state index contributed by atoms with van der Waals surface area (Å²) >= 11 is 0. The Morgan fingerprint density at radius 3 is 2.58 bits per heavy atom. The second-order valence-corrected chi connectivity index (χ2v) is 5.66. The molecule has 2 fully saturated rings. The van der Waals surface area contributed by atoms with Crippen molar-refractivity contribution in [1.29, 1.82) is 0 Å². The first-order valence-corrected chi connectivity index (χ1v) is 7.37. The highest BCUT2D eigenvalue weighted by atomic mass is 19.1. The molecule has 19 heavy (non-hydrogen) atoms. The summed E-state index contributed by atoms with van der Waals surface area (Å²) in [6.45, 7) is 3.95. The minimum atomic E-state index is -0.997. The molecule has 1 saturated carbocycles. The lowest BCUT2D eigenvalue weighted by molar-refractivity contribution is -0.128. The molecule has 2 atom stereocenters. The number of halogens is 1. The number of carbonyl (C=O) groups excluding carboxylic acids is 1. The van der Waals surface area contributed by atoms with Crippen LogP contribution in [0.3, 0.4) is 0 Å². The second kappa shape index (κ2) is 6.98. The van der Waals surface area contributed by atoms with Crippen molar-refractivity contribution < 1.29 is 9.18 Å². The molecule has 0 radical (unpaired) electrons. The van der Waals surface area contributed by atoms with Gasteiger partial charge in [0.2, 0.25) is 5.91 Å². The number of hydrazone groups is 1. The van der Waals surface area contributed by atoms with Crippen LogP contribution >= 0.6 is 0 Å². The van der Waals surface area contributed by atoms with Crippen LogP contribution < -0.4 is 10.7 Å². The monoisotopic (exact) mass is 269 g/mol. The highest BCUT2D eigenvalue weighted by Gasteiger charge is 2.30. The van der Waals surface area contributed by atoms with Crippen LogP contribution in [-0.4, -0.2) is 30.9 Å². The van der Waals surface area contributed by atoms with E-state index in [4.69, 9.17) is 0 Å². The van der Waals surface area contributed by atoms with Gasteiger partial charge in [0.05, 0.1) is 5.92 Å². The third-order valence-electron chi connectivity index (χ3n) is 4.29. The van der Waals surface area contributed by atoms with Crippen molar-refractivity contribution in [3.05, 3.63) is 0 Å². The SMILES string of the molecule is C/C(=N\NC(=O)C1CCCCC1F)C1CCNCC1. The van der Waals surface area contributed by atoms with Gasteiger partial charge >= 0.3 is 0 Å². The molecule has 0 aromatic heterocycles. The number of piperidine rings is 1. The maximum Gasteiger partial charge on any atom is 0.246 e. The molecule has 108 valence electrons. The zero-order valence-corrected chi connectivity index (χ0v) is 11.6. The van der Waals surface area contributed by atoms with E-state index in [1.165, 1.54) is 0 Å². The van der Waals surface area contributed by atoms with Gasteiger partial charge in [0.25, 0.3) is 0 Å². The number of nitrogens with zero attached hydrogens (tertiary/aromatic N) is 1. The van der Waals surface area contributed by atoms with E-state index < -0.39 is 12.1 Å². The molecule has 2 unspecified atom stereocenters. The molecule has 1 heterocycles. The molecule has 0 bridgehead atoms. The molecule has 1 amide bonds. The van der Waals surface area contributed by atoms with Gasteiger partial charge in [-0.2, -0.15) is 5.10 Å². The molecule has 2 aliphatic rings. The van der Waals surface area contributed by atoms with Crippen LogP contribution in [0.15, 0.2) is 5.10 Å². The molecular formula is C14H24FN3O. The second-order valence-electron chi connectivity index (χ2n) is 5.66. The highest BCUT2D eigenvalue weighted by molar-refractivity contribution is 5.87. The van der Waals surface area contributed by atoms with Crippen molar-refractivity contribution in [2.45, 2.75) is 51.6 Å². The number of carbonyl (C=O) groups is 1. The molecular weight excluding hydrogens is 245 g/mol. The predicted octanol–water partition coefficient (Wildman–Crippen LogP) is 2.01. The van der Waals surface area contributed by atoms with Gasteiger partial charge in [0.15, 0.2) is 0 Å². The topological polar surface area (TPSA) is 53.5 Å². The minimum absolute atomic E-state index is 0.250. The van der Waals surface area contributed by atoms with Gasteiger partial charge in [0.1, 0.15) is 6.17 Å². The first-order valence-electron chi connectivity index (χ1n) is 7.37. The number of hydrogen-bond acceptors (Lipinski definition) is 3. The Hall–Kier alpha value is -0.970. The Morgan fingerprint density at radius 1 is 1.21 bits per heavy atom. The lowest BCUT2D eigenvalue weighted by atomic mass is 9.87. The third-order valence-corrected chi connectivity index (χ3v) is 4.29. The molecule has 2 N–H and O–H groups in total. The number of rotatable bonds is 3. The van der Waals surface area contributed by atoms with Crippen LogP contribution in [-0.2, 0) is 4.79 Å². The maximum atomic E-state index is 13.7. The van der Waals surface area contributed by atoms with Crippen LogP contribution in [0, 0.1) is 11.8 Å². The summed E-state index contributed by atoms with van der Waals surface area (Å²) in [6, 6.07) is 0. The Kier molecular flexibility index (Phi) is 5.31. The summed E-state index contributed by atoms with van der Waals surface area (Å²) < 4.78 is 13.7. The minimum Gasteiger partial charge on any atom is -0.317 e. The standard InChI is InChI=1S/C14H24FN3O/c1-10(11-6-8-16-9-7-11)17-18-14(19)12-4-2-3-5-13(12)15/h11-13,16H,2-9H2,1H3,(H,18,19)/b17-10+. The van der Waals surface area contributed by atoms with Gasteiger partial charge < -0.3 is 5.32 Å². The van der Waals surface area contributed by atoms with Gasteiger partial charge in [-0.15, -0.1) is 0 Å². The van der Waals surface area contributed by atoms with Crippen LogP contribution in [0.4, 0.5) is 4.39 Å². The Bertz CT molecular complexity index is 340. The summed E-state index contributed by atoms with van der Waals surface area (Å²) in [6.07, 6.45) is 4.10. The smallest absolute Gasteiger partial charge is 0.246 e. The first kappa shape index (κ1) is 14.4. The summed E-state index contributed by atoms with van der Waals surface area (Å²) in [5.41, 5.74) is 3.53. The number of alkyl halides is 1. The zero-order valence-electron chi connectivity index (χ0n) is 11.6. The van der Waals surface area contributed by atoms with Crippen molar-refractivity contribution in [2.75, 3.05) is 13.1 Å². The maximum absolute atomic E-state index is 13.7. The van der Waals surface area contributed by atoms with Crippen LogP contribution in [0.5, 0.6) is 0 Å². The molecule has 5 heteroatoms. The Balaban J connectivity index is 1.84. The van der Waals surface area contributed by atoms with Crippen molar-refractivity contribution in [1.82, 2.24) is 10.7 Å². The fraction of sp³-hybridized carbons (Fsp3) is 0.857. The predicted molar refractivity (Wildman–Crippen MR) is 73.7 cm³/mol. The molecule has 1 saturated heterocycles. The van der Waals surface area contributed by atoms with Crippen molar-refractivity contribution in [3.63, 3.8) is 0 Å². The van der Waals surface area contributed by atoms with Crippen molar-refractivity contribution >= 4 is 11.6 Å². The third kappa shape index (κ3) is 4.00. The van der Waals surface area contributed by atoms with Crippen molar-refractivity contribution in [3.8, 4) is 0 Å². The van der Waals surface area contributed by atoms with Gasteiger partial charge in [-0.05, 0) is 45.7 Å². The average Bonchev–Trinajstić information content (AvgIpc) is 2.46. The van der Waals surface area contributed by atoms with E-state index in [-0.39, 0.29) is 5.91 Å². The molecule has 0 aromatic rings. The lowest BCUT2D eigenvalue weighted by Crippen LogP contribution is -2.37. The Morgan fingerprint density at radius 2 is 1.89 bits per heavy atom. The zero-order chi connectivity index (χ0) is 13.7. The largest absolute Gasteiger partial charge is 0.317 e. The molecule has 1 aliphatic heterocycles. The Labute approximate surface area is 114 Å². The fourth-order valence-corrected chi connectivity index (χ4v) is 2.94. The van der Waals surface area contributed by atoms with E-state index in [9.17, 15) is 9.18 Å². The summed E-state index contributed by atoms with van der Waals surface area (Å²) in [4.78, 5) is 11.9. The van der Waals surface area contributed by atoms with Gasteiger partial charge in [0, 0.05) is 11.6 Å². The lowest BCUT2D eigenvalue weighted by Gasteiger charge is -2.25. The van der Waals surface area contributed by atoms with Crippen molar-refractivity contribution in [2.24, 2.45) is 16.9 Å². The van der Waals surface area contributed by atoms with E-state index in [0.29, 0.717) is 18.8 Å². The van der Waals surface area contributed by atoms with Crippen LogP contribution in [0.2, 0.25) is 0 Å². The highest BCUT2D eigenvalue weighted by Crippen LogP contribution is 2.27. The fourth-order valence-electron chi connectivity index (χ4n) is 2.94. The summed E-state index contributed by atoms with van der Waals surface area (Å²) in [5, 5.41) is 7.48. The number of amides is 1. The molecule has 4 nitrogen and oxygen atoms in total. The van der Waals surface area contributed by atoms with E-state index in [0.717, 1.165) is 44.5 Å². The van der Waals surface area contributed by atoms with Gasteiger partial charge in [-0.1, -0.05) is 12.8 Å². The van der Waals surface area contributed by atoms with E-state index >= 15 is 0 Å². The number of hydrogen-bond donors (Lipinski definition) is 2. The quantitative estimate of drug-likeness (QED) is 0.608. The van der Waals surface area contributed by atoms with Crippen LogP contribution in [0.25, 0.3) is 0 Å². The van der Waals surface area contributed by atoms with E-state index in [2.05, 4.69) is 15.8 Å². The molecule has 1 aliphatic carbocycles. The van der Waals surface area contributed by atoms with E-state index in [1.54, 1.807) is 0 Å². The van der Waals surface area contributed by atoms with Gasteiger partial charge in [-0.3, -0.25) is 4.79 Å². The average molecular weight is 269 g/mol. The molecule has 2 rings (SSSR count). The first-order chi connectivity index (χ1) is 9.18. The summed E-state index contributed by atoms with van der Waals surface area (Å²) in [7, 11) is 0. The van der Waals surface area contributed by atoms with E-state index in [1.807, 2.05) is 6.92 Å². The normalized spacial score (nSPS) is 30.1.